The van der Waals surface area contributed by atoms with Gasteiger partial charge in [0, 0.05) is 29.9 Å². The average Bonchev–Trinajstić information content (AvgIpc) is 2.38. The van der Waals surface area contributed by atoms with Gasteiger partial charge < -0.3 is 5.73 Å². The normalized spacial score (nSPS) is 15.7. The summed E-state index contributed by atoms with van der Waals surface area (Å²) in [6.45, 7) is 0.367. The molecule has 3 rings (SSSR count). The molecule has 19 heavy (non-hydrogen) atoms. The molecule has 0 unspecified atom stereocenters. The number of nitrogens with one attached hydrogen (secondary N) is 1. The monoisotopic (exact) mass is 256 g/mol. The number of carbonyl (C=O) groups is 2. The van der Waals surface area contributed by atoms with Crippen molar-refractivity contribution < 1.29 is 9.59 Å². The van der Waals surface area contributed by atoms with Crippen molar-refractivity contribution in [3.8, 4) is 0 Å². The van der Waals surface area contributed by atoms with Crippen LogP contribution in [0.15, 0.2) is 30.5 Å². The van der Waals surface area contributed by atoms with Gasteiger partial charge in [-0.1, -0.05) is 12.1 Å². The maximum absolute atomic E-state index is 11.9. The van der Waals surface area contributed by atoms with Crippen LogP contribution >= 0.6 is 0 Å². The molecule has 1 aromatic carbocycles. The molecule has 1 fully saturated rings. The number of nitrogens with two attached hydrogens (primary N) is 1. The highest BCUT2D eigenvalue weighted by Crippen LogP contribution is 2.28. The fourth-order valence-corrected chi connectivity index (χ4v) is 2.20. The Balaban J connectivity index is 2.12. The zero-order chi connectivity index (χ0) is 13.4. The summed E-state index contributed by atoms with van der Waals surface area (Å²) in [4.78, 5) is 28.6. The summed E-state index contributed by atoms with van der Waals surface area (Å²) in [6, 6.07) is 6.90. The Morgan fingerprint density at radius 1 is 1.32 bits per heavy atom. The molecule has 3 amide bonds. The van der Waals surface area contributed by atoms with Gasteiger partial charge in [-0.05, 0) is 12.1 Å². The molecule has 6 heteroatoms. The minimum Gasteiger partial charge on any atom is -0.384 e. The van der Waals surface area contributed by atoms with Crippen molar-refractivity contribution in [2.75, 3.05) is 17.2 Å². The third-order valence-electron chi connectivity index (χ3n) is 3.11. The number of aromatic nitrogens is 1. The van der Waals surface area contributed by atoms with Crippen molar-refractivity contribution in [1.29, 1.82) is 0 Å². The SMILES string of the molecule is Nc1cc2c(N3CCC(=O)NC3=O)cccc2cn1. The van der Waals surface area contributed by atoms with E-state index in [0.717, 1.165) is 16.5 Å². The van der Waals surface area contributed by atoms with E-state index in [4.69, 9.17) is 5.73 Å². The highest BCUT2D eigenvalue weighted by molar-refractivity contribution is 6.10. The number of nitrogens with zero attached hydrogens (tertiary/aromatic N) is 2. The zero-order valence-corrected chi connectivity index (χ0v) is 10.1. The predicted molar refractivity (Wildman–Crippen MR) is 71.7 cm³/mol. The van der Waals surface area contributed by atoms with Gasteiger partial charge in [0.05, 0.1) is 5.69 Å². The second kappa shape index (κ2) is 4.24. The van der Waals surface area contributed by atoms with Gasteiger partial charge >= 0.3 is 6.03 Å². The predicted octanol–water partition coefficient (Wildman–Crippen LogP) is 1.26. The van der Waals surface area contributed by atoms with Gasteiger partial charge in [0.2, 0.25) is 5.91 Å². The zero-order valence-electron chi connectivity index (χ0n) is 10.1. The maximum atomic E-state index is 11.9. The molecule has 1 saturated heterocycles. The fourth-order valence-electron chi connectivity index (χ4n) is 2.20. The molecule has 2 aromatic rings. The van der Waals surface area contributed by atoms with Crippen molar-refractivity contribution in [2.45, 2.75) is 6.42 Å². The molecule has 0 saturated carbocycles. The number of nitrogen functional groups attached to an aromatic ring is 1. The molecule has 0 bridgehead atoms. The van der Waals surface area contributed by atoms with Gasteiger partial charge in [0.25, 0.3) is 0 Å². The number of hydrogen-bond acceptors (Lipinski definition) is 4. The number of amides is 3. The number of carbonyl (C=O) groups excluding carboxylic acids is 2. The summed E-state index contributed by atoms with van der Waals surface area (Å²) in [5, 5.41) is 4.05. The first-order valence-corrected chi connectivity index (χ1v) is 5.91. The van der Waals surface area contributed by atoms with Crippen LogP contribution < -0.4 is 16.0 Å². The second-order valence-electron chi connectivity index (χ2n) is 4.36. The van der Waals surface area contributed by atoms with E-state index in [1.165, 1.54) is 0 Å². The molecular weight excluding hydrogens is 244 g/mol. The second-order valence-corrected chi connectivity index (χ2v) is 4.36. The molecule has 6 nitrogen and oxygen atoms in total. The highest BCUT2D eigenvalue weighted by Gasteiger charge is 2.25. The molecule has 0 radical (unpaired) electrons. The smallest absolute Gasteiger partial charge is 0.328 e. The van der Waals surface area contributed by atoms with E-state index in [2.05, 4.69) is 10.3 Å². The Bertz CT molecular complexity index is 683. The standard InChI is InChI=1S/C13H12N4O2/c14-11-6-9-8(7-15-11)2-1-3-10(9)17-5-4-12(18)16-13(17)19/h1-3,6-7H,4-5H2,(H2,14,15)(H,16,18,19). The quantitative estimate of drug-likeness (QED) is 0.804. The molecule has 2 heterocycles. The van der Waals surface area contributed by atoms with Crippen LogP contribution in [0.25, 0.3) is 10.8 Å². The number of urea groups is 1. The van der Waals surface area contributed by atoms with Gasteiger partial charge in [-0.2, -0.15) is 0 Å². The molecule has 96 valence electrons. The van der Waals surface area contributed by atoms with Gasteiger partial charge in [-0.3, -0.25) is 15.0 Å². The van der Waals surface area contributed by atoms with E-state index < -0.39 is 6.03 Å². The van der Waals surface area contributed by atoms with Gasteiger partial charge in [0.15, 0.2) is 0 Å². The number of anilines is 2. The van der Waals surface area contributed by atoms with Crippen molar-refractivity contribution in [1.82, 2.24) is 10.3 Å². The van der Waals surface area contributed by atoms with Crippen LogP contribution in [-0.2, 0) is 4.79 Å². The Hall–Kier alpha value is -2.63. The van der Waals surface area contributed by atoms with Gasteiger partial charge in [-0.15, -0.1) is 0 Å². The first-order valence-electron chi connectivity index (χ1n) is 5.91. The number of benzene rings is 1. The Kier molecular flexibility index (Phi) is 2.56. The van der Waals surface area contributed by atoms with E-state index >= 15 is 0 Å². The minimum absolute atomic E-state index is 0.248. The molecule has 0 spiro atoms. The van der Waals surface area contributed by atoms with Crippen LogP contribution in [0.3, 0.4) is 0 Å². The third kappa shape index (κ3) is 1.97. The number of imide groups is 1. The van der Waals surface area contributed by atoms with E-state index in [1.54, 1.807) is 17.2 Å². The first-order chi connectivity index (χ1) is 9.15. The lowest BCUT2D eigenvalue weighted by molar-refractivity contribution is -0.120. The average molecular weight is 256 g/mol. The molecule has 0 atom stereocenters. The van der Waals surface area contributed by atoms with Crippen molar-refractivity contribution >= 4 is 34.2 Å². The molecule has 1 aliphatic rings. The topological polar surface area (TPSA) is 88.3 Å². The lowest BCUT2D eigenvalue weighted by atomic mass is 10.1. The fraction of sp³-hybridized carbons (Fsp3) is 0.154. The number of fused-ring (bicyclic) bond motifs is 1. The van der Waals surface area contributed by atoms with Crippen LogP contribution in [0, 0.1) is 0 Å². The van der Waals surface area contributed by atoms with Crippen molar-refractivity contribution in [2.24, 2.45) is 0 Å². The lowest BCUT2D eigenvalue weighted by Crippen LogP contribution is -2.49. The largest absolute Gasteiger partial charge is 0.384 e. The van der Waals surface area contributed by atoms with E-state index in [0.29, 0.717) is 18.8 Å². The summed E-state index contributed by atoms with van der Waals surface area (Å²) >= 11 is 0. The Morgan fingerprint density at radius 2 is 2.16 bits per heavy atom. The molecule has 1 aliphatic heterocycles. The van der Waals surface area contributed by atoms with E-state index in [1.807, 2.05) is 18.2 Å². The van der Waals surface area contributed by atoms with Crippen LogP contribution in [0.4, 0.5) is 16.3 Å². The molecule has 3 N–H and O–H groups in total. The molecule has 0 aliphatic carbocycles. The molecular formula is C13H12N4O2. The van der Waals surface area contributed by atoms with Crippen molar-refractivity contribution in [3.05, 3.63) is 30.5 Å². The summed E-state index contributed by atoms with van der Waals surface area (Å²) in [5.74, 6) is 0.149. The summed E-state index contributed by atoms with van der Waals surface area (Å²) < 4.78 is 0. The number of hydrogen-bond donors (Lipinski definition) is 2. The Morgan fingerprint density at radius 3 is 2.95 bits per heavy atom. The van der Waals surface area contributed by atoms with Crippen LogP contribution in [-0.4, -0.2) is 23.5 Å². The van der Waals surface area contributed by atoms with Crippen molar-refractivity contribution in [3.63, 3.8) is 0 Å². The van der Waals surface area contributed by atoms with Crippen LogP contribution in [0.5, 0.6) is 0 Å². The number of pyridine rings is 1. The summed E-state index contributed by atoms with van der Waals surface area (Å²) in [7, 11) is 0. The molecule has 1 aromatic heterocycles. The Labute approximate surface area is 109 Å². The lowest BCUT2D eigenvalue weighted by Gasteiger charge is -2.27. The maximum Gasteiger partial charge on any atom is 0.328 e. The van der Waals surface area contributed by atoms with Crippen LogP contribution in [0.2, 0.25) is 0 Å². The van der Waals surface area contributed by atoms with Gasteiger partial charge in [0.1, 0.15) is 5.82 Å². The number of rotatable bonds is 1. The van der Waals surface area contributed by atoms with Crippen LogP contribution in [0.1, 0.15) is 6.42 Å². The van der Waals surface area contributed by atoms with E-state index in [9.17, 15) is 9.59 Å². The third-order valence-corrected chi connectivity index (χ3v) is 3.11. The van der Waals surface area contributed by atoms with E-state index in [-0.39, 0.29) is 5.91 Å². The first kappa shape index (κ1) is 11.5. The summed E-state index contributed by atoms with van der Waals surface area (Å²) in [6.07, 6.45) is 1.96. The highest BCUT2D eigenvalue weighted by atomic mass is 16.2. The summed E-state index contributed by atoms with van der Waals surface area (Å²) in [5.41, 5.74) is 6.43. The van der Waals surface area contributed by atoms with Gasteiger partial charge in [-0.25, -0.2) is 9.78 Å². The minimum atomic E-state index is -0.404.